The second-order valence-electron chi connectivity index (χ2n) is 4.92. The van der Waals surface area contributed by atoms with Gasteiger partial charge in [0.15, 0.2) is 0 Å². The minimum Gasteiger partial charge on any atom is -0.506 e. The van der Waals surface area contributed by atoms with Crippen LogP contribution in [0.15, 0.2) is 42.7 Å². The molecule has 0 aliphatic rings. The van der Waals surface area contributed by atoms with Crippen LogP contribution in [0.3, 0.4) is 0 Å². The van der Waals surface area contributed by atoms with E-state index in [2.05, 4.69) is 21.5 Å². The molecule has 2 aromatic heterocycles. The van der Waals surface area contributed by atoms with Crippen LogP contribution in [0.1, 0.15) is 30.8 Å². The lowest BCUT2D eigenvalue weighted by Gasteiger charge is -2.18. The predicted molar refractivity (Wildman–Crippen MR) is 78.8 cm³/mol. The Kier molecular flexibility index (Phi) is 3.14. The second kappa shape index (κ2) is 4.96. The van der Waals surface area contributed by atoms with Crippen LogP contribution >= 0.6 is 0 Å². The third-order valence-corrected chi connectivity index (χ3v) is 3.56. The average molecular weight is 267 g/mol. The highest BCUT2D eigenvalue weighted by Crippen LogP contribution is 2.30. The Morgan fingerprint density at radius 2 is 2.00 bits per heavy atom. The standard InChI is InChI=1S/C16H17N3O/c1-3-13(16-15(20)9-8-11(2)18-16)19-10-17-12-6-4-5-7-14(12)19/h4-10,13,20H,3H2,1-2H3. The molecule has 1 aromatic carbocycles. The van der Waals surface area contributed by atoms with Gasteiger partial charge in [0.2, 0.25) is 0 Å². The lowest BCUT2D eigenvalue weighted by molar-refractivity contribution is 0.442. The third kappa shape index (κ3) is 2.03. The van der Waals surface area contributed by atoms with Crippen LogP contribution in [0.5, 0.6) is 5.75 Å². The molecular weight excluding hydrogens is 250 g/mol. The number of imidazole rings is 1. The summed E-state index contributed by atoms with van der Waals surface area (Å²) >= 11 is 0. The second-order valence-corrected chi connectivity index (χ2v) is 4.92. The topological polar surface area (TPSA) is 50.9 Å². The molecule has 1 unspecified atom stereocenters. The lowest BCUT2D eigenvalue weighted by atomic mass is 10.1. The number of fused-ring (bicyclic) bond motifs is 1. The fourth-order valence-electron chi connectivity index (χ4n) is 2.56. The van der Waals surface area contributed by atoms with Crippen LogP contribution in [0.4, 0.5) is 0 Å². The van der Waals surface area contributed by atoms with E-state index in [4.69, 9.17) is 0 Å². The number of aryl methyl sites for hydroxylation is 1. The van der Waals surface area contributed by atoms with Crippen molar-refractivity contribution < 1.29 is 5.11 Å². The maximum Gasteiger partial charge on any atom is 0.139 e. The Morgan fingerprint density at radius 3 is 2.80 bits per heavy atom. The van der Waals surface area contributed by atoms with Gasteiger partial charge in [-0.05, 0) is 37.6 Å². The molecule has 1 atom stereocenters. The molecule has 0 radical (unpaired) electrons. The number of aromatic hydroxyl groups is 1. The maximum absolute atomic E-state index is 10.1. The minimum absolute atomic E-state index is 0.0118. The van der Waals surface area contributed by atoms with E-state index in [1.165, 1.54) is 0 Å². The zero-order valence-electron chi connectivity index (χ0n) is 11.6. The first-order valence-electron chi connectivity index (χ1n) is 6.78. The quantitative estimate of drug-likeness (QED) is 0.790. The van der Waals surface area contributed by atoms with Crippen LogP contribution in [0.25, 0.3) is 11.0 Å². The van der Waals surface area contributed by atoms with Crippen LogP contribution in [0.2, 0.25) is 0 Å². The molecule has 4 heteroatoms. The van der Waals surface area contributed by atoms with Gasteiger partial charge in [-0.3, -0.25) is 4.98 Å². The molecule has 20 heavy (non-hydrogen) atoms. The monoisotopic (exact) mass is 267 g/mol. The number of benzene rings is 1. The summed E-state index contributed by atoms with van der Waals surface area (Å²) in [5.74, 6) is 0.236. The largest absolute Gasteiger partial charge is 0.506 e. The summed E-state index contributed by atoms with van der Waals surface area (Å²) in [6, 6.07) is 11.5. The van der Waals surface area contributed by atoms with E-state index in [0.717, 1.165) is 23.1 Å². The van der Waals surface area contributed by atoms with Gasteiger partial charge >= 0.3 is 0 Å². The van der Waals surface area contributed by atoms with Gasteiger partial charge in [0.25, 0.3) is 0 Å². The zero-order chi connectivity index (χ0) is 14.1. The van der Waals surface area contributed by atoms with E-state index in [1.54, 1.807) is 6.07 Å². The van der Waals surface area contributed by atoms with Crippen molar-refractivity contribution in [3.63, 3.8) is 0 Å². The van der Waals surface area contributed by atoms with Crippen LogP contribution in [-0.4, -0.2) is 19.6 Å². The highest BCUT2D eigenvalue weighted by atomic mass is 16.3. The number of hydrogen-bond donors (Lipinski definition) is 1. The summed E-state index contributed by atoms with van der Waals surface area (Å²) < 4.78 is 2.08. The maximum atomic E-state index is 10.1. The molecule has 2 heterocycles. The molecule has 0 bridgehead atoms. The number of aromatic nitrogens is 3. The molecule has 0 aliphatic heterocycles. The number of nitrogens with zero attached hydrogens (tertiary/aromatic N) is 3. The summed E-state index contributed by atoms with van der Waals surface area (Å²) in [7, 11) is 0. The average Bonchev–Trinajstić information content (AvgIpc) is 2.88. The van der Waals surface area contributed by atoms with E-state index < -0.39 is 0 Å². The van der Waals surface area contributed by atoms with Gasteiger partial charge in [0.05, 0.1) is 23.4 Å². The fourth-order valence-corrected chi connectivity index (χ4v) is 2.56. The molecule has 0 saturated heterocycles. The van der Waals surface area contributed by atoms with E-state index in [0.29, 0.717) is 5.69 Å². The van der Waals surface area contributed by atoms with Crippen molar-refractivity contribution in [2.24, 2.45) is 0 Å². The van der Waals surface area contributed by atoms with Gasteiger partial charge in [-0.25, -0.2) is 4.98 Å². The smallest absolute Gasteiger partial charge is 0.139 e. The van der Waals surface area contributed by atoms with Crippen LogP contribution < -0.4 is 0 Å². The molecule has 3 rings (SSSR count). The van der Waals surface area contributed by atoms with E-state index >= 15 is 0 Å². The van der Waals surface area contributed by atoms with Crippen LogP contribution in [0, 0.1) is 6.92 Å². The summed E-state index contributed by atoms with van der Waals surface area (Å²) in [5, 5.41) is 10.1. The predicted octanol–water partition coefficient (Wildman–Crippen LogP) is 3.44. The van der Waals surface area contributed by atoms with Gasteiger partial charge in [-0.1, -0.05) is 19.1 Å². The Bertz CT molecular complexity index is 748. The molecule has 0 fully saturated rings. The van der Waals surface area contributed by atoms with Gasteiger partial charge in [0, 0.05) is 5.69 Å². The van der Waals surface area contributed by atoms with Crippen molar-refractivity contribution in [1.29, 1.82) is 0 Å². The first-order chi connectivity index (χ1) is 9.70. The zero-order valence-corrected chi connectivity index (χ0v) is 11.6. The summed E-state index contributed by atoms with van der Waals surface area (Å²) in [5.41, 5.74) is 3.62. The number of rotatable bonds is 3. The Labute approximate surface area is 117 Å². The van der Waals surface area contributed by atoms with E-state index in [1.807, 2.05) is 43.6 Å². The lowest BCUT2D eigenvalue weighted by Crippen LogP contribution is -2.11. The van der Waals surface area contributed by atoms with E-state index in [9.17, 15) is 5.11 Å². The highest BCUT2D eigenvalue weighted by Gasteiger charge is 2.19. The Balaban J connectivity index is 2.16. The van der Waals surface area contributed by atoms with Crippen molar-refractivity contribution in [1.82, 2.24) is 14.5 Å². The Hall–Kier alpha value is -2.36. The van der Waals surface area contributed by atoms with Gasteiger partial charge < -0.3 is 9.67 Å². The third-order valence-electron chi connectivity index (χ3n) is 3.56. The van der Waals surface area contributed by atoms with Gasteiger partial charge in [0.1, 0.15) is 11.4 Å². The van der Waals surface area contributed by atoms with Crippen LogP contribution in [-0.2, 0) is 0 Å². The summed E-state index contributed by atoms with van der Waals surface area (Å²) in [6.45, 7) is 4.02. The van der Waals surface area contributed by atoms with Gasteiger partial charge in [-0.2, -0.15) is 0 Å². The van der Waals surface area contributed by atoms with Crippen molar-refractivity contribution in [2.45, 2.75) is 26.3 Å². The highest BCUT2D eigenvalue weighted by molar-refractivity contribution is 5.75. The van der Waals surface area contributed by atoms with Gasteiger partial charge in [-0.15, -0.1) is 0 Å². The van der Waals surface area contributed by atoms with Crippen molar-refractivity contribution in [3.8, 4) is 5.75 Å². The number of para-hydroxylation sites is 2. The first kappa shape index (κ1) is 12.7. The molecule has 0 amide bonds. The SMILES string of the molecule is CCC(c1nc(C)ccc1O)n1cnc2ccccc21. The molecular formula is C16H17N3O. The molecule has 0 aliphatic carbocycles. The Morgan fingerprint density at radius 1 is 1.20 bits per heavy atom. The molecule has 102 valence electrons. The molecule has 1 N–H and O–H groups in total. The normalized spacial score (nSPS) is 12.7. The van der Waals surface area contributed by atoms with Crippen molar-refractivity contribution >= 4 is 11.0 Å². The van der Waals surface area contributed by atoms with E-state index in [-0.39, 0.29) is 11.8 Å². The number of pyridine rings is 1. The molecule has 0 saturated carbocycles. The molecule has 4 nitrogen and oxygen atoms in total. The fraction of sp³-hybridized carbons (Fsp3) is 0.250. The number of hydrogen-bond acceptors (Lipinski definition) is 3. The van der Waals surface area contributed by atoms with Crippen molar-refractivity contribution in [2.75, 3.05) is 0 Å². The molecule has 0 spiro atoms. The molecule has 3 aromatic rings. The van der Waals surface area contributed by atoms with Crippen molar-refractivity contribution in [3.05, 3.63) is 54.1 Å². The minimum atomic E-state index is -0.0118. The first-order valence-corrected chi connectivity index (χ1v) is 6.78. The summed E-state index contributed by atoms with van der Waals surface area (Å²) in [4.78, 5) is 8.93. The summed E-state index contributed by atoms with van der Waals surface area (Å²) in [6.07, 6.45) is 2.66.